The second-order valence-electron chi connectivity index (χ2n) is 4.67. The van der Waals surface area contributed by atoms with E-state index >= 15 is 0 Å². The molecule has 1 aliphatic rings. The minimum absolute atomic E-state index is 0.0959. The summed E-state index contributed by atoms with van der Waals surface area (Å²) in [6, 6.07) is 4.27. The summed E-state index contributed by atoms with van der Waals surface area (Å²) < 4.78 is 0. The minimum Gasteiger partial charge on any atom is -0.331 e. The fraction of sp³-hybridized carbons (Fsp3) is 0.538. The Morgan fingerprint density at radius 3 is 2.94 bits per heavy atom. The van der Waals surface area contributed by atoms with Gasteiger partial charge in [0.1, 0.15) is 0 Å². The molecule has 4 heteroatoms. The van der Waals surface area contributed by atoms with E-state index < -0.39 is 0 Å². The van der Waals surface area contributed by atoms with E-state index in [4.69, 9.17) is 0 Å². The number of pyridine rings is 1. The zero-order valence-electron chi connectivity index (χ0n) is 10.5. The molecule has 0 aliphatic carbocycles. The second-order valence-corrected chi connectivity index (χ2v) is 4.67. The number of piperidine rings is 1. The fourth-order valence-electron chi connectivity index (χ4n) is 2.34. The summed E-state index contributed by atoms with van der Waals surface area (Å²) >= 11 is 0. The van der Waals surface area contributed by atoms with Crippen molar-refractivity contribution < 1.29 is 4.79 Å². The van der Waals surface area contributed by atoms with Crippen LogP contribution in [-0.4, -0.2) is 41.5 Å². The largest absolute Gasteiger partial charge is 0.331 e. The molecule has 0 radical (unpaired) electrons. The number of carbonyl (C=O) groups is 1. The number of hydrogen-bond acceptors (Lipinski definition) is 2. The van der Waals surface area contributed by atoms with Gasteiger partial charge in [-0.3, -0.25) is 4.98 Å². The summed E-state index contributed by atoms with van der Waals surface area (Å²) in [5.74, 6) is 0. The third-order valence-corrected chi connectivity index (χ3v) is 3.20. The van der Waals surface area contributed by atoms with Crippen LogP contribution in [0.4, 0.5) is 4.79 Å². The van der Waals surface area contributed by atoms with Gasteiger partial charge in [-0.15, -0.1) is 0 Å². The first-order chi connectivity index (χ1) is 8.20. The molecule has 0 spiro atoms. The third kappa shape index (κ3) is 2.57. The quantitative estimate of drug-likeness (QED) is 0.746. The van der Waals surface area contributed by atoms with E-state index in [9.17, 15) is 4.79 Å². The maximum atomic E-state index is 12.1. The van der Waals surface area contributed by atoms with Crippen LogP contribution in [0, 0.1) is 0 Å². The van der Waals surface area contributed by atoms with Crippen molar-refractivity contribution in [3.8, 4) is 0 Å². The molecule has 17 heavy (non-hydrogen) atoms. The van der Waals surface area contributed by atoms with Crippen LogP contribution in [0.25, 0.3) is 0 Å². The SMILES string of the molecule is CN(C)C(=O)N1CCCC[C@@H]1c1cccnc1. The molecule has 0 saturated carbocycles. The summed E-state index contributed by atoms with van der Waals surface area (Å²) in [6.07, 6.45) is 6.94. The Kier molecular flexibility index (Phi) is 3.61. The van der Waals surface area contributed by atoms with Crippen molar-refractivity contribution in [3.05, 3.63) is 30.1 Å². The lowest BCUT2D eigenvalue weighted by atomic mass is 9.97. The van der Waals surface area contributed by atoms with E-state index in [1.165, 1.54) is 6.42 Å². The number of urea groups is 1. The van der Waals surface area contributed by atoms with Gasteiger partial charge in [-0.1, -0.05) is 6.07 Å². The van der Waals surface area contributed by atoms with E-state index in [0.717, 1.165) is 24.9 Å². The van der Waals surface area contributed by atoms with Crippen molar-refractivity contribution in [3.63, 3.8) is 0 Å². The number of hydrogen-bond donors (Lipinski definition) is 0. The van der Waals surface area contributed by atoms with E-state index in [2.05, 4.69) is 11.1 Å². The lowest BCUT2D eigenvalue weighted by Gasteiger charge is -2.37. The minimum atomic E-state index is 0.0959. The standard InChI is InChI=1S/C13H19N3O/c1-15(2)13(17)16-9-4-3-7-12(16)11-6-5-8-14-10-11/h5-6,8,10,12H,3-4,7,9H2,1-2H3/t12-/m1/s1. The van der Waals surface area contributed by atoms with Gasteiger partial charge in [0.05, 0.1) is 6.04 Å². The highest BCUT2D eigenvalue weighted by Crippen LogP contribution is 2.30. The first kappa shape index (κ1) is 11.9. The first-order valence-corrected chi connectivity index (χ1v) is 6.08. The third-order valence-electron chi connectivity index (χ3n) is 3.20. The number of amides is 2. The molecule has 1 atom stereocenters. The van der Waals surface area contributed by atoms with Gasteiger partial charge >= 0.3 is 6.03 Å². The van der Waals surface area contributed by atoms with Crippen LogP contribution in [0.15, 0.2) is 24.5 Å². The Labute approximate surface area is 102 Å². The first-order valence-electron chi connectivity index (χ1n) is 6.08. The fourth-order valence-corrected chi connectivity index (χ4v) is 2.34. The lowest BCUT2D eigenvalue weighted by Crippen LogP contribution is -2.44. The summed E-state index contributed by atoms with van der Waals surface area (Å²) in [7, 11) is 3.61. The summed E-state index contributed by atoms with van der Waals surface area (Å²) in [5, 5.41) is 0. The van der Waals surface area contributed by atoms with Crippen LogP contribution in [0.2, 0.25) is 0 Å². The Balaban J connectivity index is 2.21. The predicted octanol–water partition coefficient (Wildman–Crippen LogP) is 2.29. The maximum absolute atomic E-state index is 12.1. The number of likely N-dealkylation sites (tertiary alicyclic amines) is 1. The molecule has 0 N–H and O–H groups in total. The van der Waals surface area contributed by atoms with Crippen LogP contribution in [0.5, 0.6) is 0 Å². The van der Waals surface area contributed by atoms with Crippen LogP contribution in [-0.2, 0) is 0 Å². The van der Waals surface area contributed by atoms with Crippen LogP contribution in [0.1, 0.15) is 30.9 Å². The molecule has 0 bridgehead atoms. The molecule has 92 valence electrons. The smallest absolute Gasteiger partial charge is 0.319 e. The van der Waals surface area contributed by atoms with Crippen LogP contribution < -0.4 is 0 Å². The molecule has 1 fully saturated rings. The monoisotopic (exact) mass is 233 g/mol. The summed E-state index contributed by atoms with van der Waals surface area (Å²) in [5.41, 5.74) is 1.14. The van der Waals surface area contributed by atoms with Gasteiger partial charge in [0.2, 0.25) is 0 Å². The highest BCUT2D eigenvalue weighted by Gasteiger charge is 2.28. The highest BCUT2D eigenvalue weighted by molar-refractivity contribution is 5.74. The van der Waals surface area contributed by atoms with E-state index in [1.54, 1.807) is 25.2 Å². The van der Waals surface area contributed by atoms with E-state index in [-0.39, 0.29) is 12.1 Å². The van der Waals surface area contributed by atoms with Crippen molar-refractivity contribution in [2.24, 2.45) is 0 Å². The Hall–Kier alpha value is -1.58. The van der Waals surface area contributed by atoms with Gasteiger partial charge in [-0.25, -0.2) is 4.79 Å². The van der Waals surface area contributed by atoms with Crippen molar-refractivity contribution in [1.82, 2.24) is 14.8 Å². The molecule has 1 aromatic rings. The topological polar surface area (TPSA) is 36.4 Å². The second kappa shape index (κ2) is 5.17. The number of carbonyl (C=O) groups excluding carboxylic acids is 1. The molecule has 0 aromatic carbocycles. The Morgan fingerprint density at radius 2 is 2.29 bits per heavy atom. The highest BCUT2D eigenvalue weighted by atomic mass is 16.2. The van der Waals surface area contributed by atoms with Crippen LogP contribution in [0.3, 0.4) is 0 Å². The zero-order chi connectivity index (χ0) is 12.3. The number of aromatic nitrogens is 1. The molecule has 2 heterocycles. The molecular formula is C13H19N3O. The molecule has 2 amide bonds. The van der Waals surface area contributed by atoms with Gasteiger partial charge in [-0.05, 0) is 30.9 Å². The van der Waals surface area contributed by atoms with Gasteiger partial charge in [0, 0.05) is 33.0 Å². The van der Waals surface area contributed by atoms with Gasteiger partial charge in [0.15, 0.2) is 0 Å². The summed E-state index contributed by atoms with van der Waals surface area (Å²) in [6.45, 7) is 0.844. The molecule has 1 saturated heterocycles. The zero-order valence-corrected chi connectivity index (χ0v) is 10.5. The maximum Gasteiger partial charge on any atom is 0.319 e. The van der Waals surface area contributed by atoms with E-state index in [0.29, 0.717) is 0 Å². The molecular weight excluding hydrogens is 214 g/mol. The molecule has 4 nitrogen and oxygen atoms in total. The van der Waals surface area contributed by atoms with Crippen molar-refractivity contribution >= 4 is 6.03 Å². The molecule has 0 unspecified atom stereocenters. The molecule has 1 aromatic heterocycles. The predicted molar refractivity (Wildman–Crippen MR) is 66.6 cm³/mol. The summed E-state index contributed by atoms with van der Waals surface area (Å²) in [4.78, 5) is 19.9. The average Bonchev–Trinajstić information content (AvgIpc) is 2.39. The molecule has 1 aliphatic heterocycles. The van der Waals surface area contributed by atoms with E-state index in [1.807, 2.05) is 17.2 Å². The Morgan fingerprint density at radius 1 is 1.47 bits per heavy atom. The lowest BCUT2D eigenvalue weighted by molar-refractivity contribution is 0.129. The Bertz CT molecular complexity index is 378. The number of nitrogens with zero attached hydrogens (tertiary/aromatic N) is 3. The van der Waals surface area contributed by atoms with Crippen molar-refractivity contribution in [2.75, 3.05) is 20.6 Å². The van der Waals surface area contributed by atoms with Gasteiger partial charge in [0.25, 0.3) is 0 Å². The van der Waals surface area contributed by atoms with Crippen molar-refractivity contribution in [2.45, 2.75) is 25.3 Å². The molecule has 2 rings (SSSR count). The van der Waals surface area contributed by atoms with Gasteiger partial charge in [-0.2, -0.15) is 0 Å². The number of rotatable bonds is 1. The normalized spacial score (nSPS) is 20.1. The average molecular weight is 233 g/mol. The van der Waals surface area contributed by atoms with Crippen molar-refractivity contribution in [1.29, 1.82) is 0 Å². The van der Waals surface area contributed by atoms with Crippen LogP contribution >= 0.6 is 0 Å². The van der Waals surface area contributed by atoms with Gasteiger partial charge < -0.3 is 9.80 Å².